The predicted molar refractivity (Wildman–Crippen MR) is 62.7 cm³/mol. The van der Waals surface area contributed by atoms with E-state index in [0.717, 1.165) is 0 Å². The van der Waals surface area contributed by atoms with Gasteiger partial charge in [0.25, 0.3) is 5.91 Å². The van der Waals surface area contributed by atoms with E-state index in [1.165, 1.54) is 4.90 Å². The Bertz CT molecular complexity index is 378. The molecule has 5 nitrogen and oxygen atoms in total. The molecule has 1 rings (SSSR count). The van der Waals surface area contributed by atoms with Crippen molar-refractivity contribution in [2.75, 3.05) is 20.7 Å². The van der Waals surface area contributed by atoms with Crippen molar-refractivity contribution >= 4 is 5.91 Å². The van der Waals surface area contributed by atoms with E-state index in [4.69, 9.17) is 9.15 Å². The van der Waals surface area contributed by atoms with Gasteiger partial charge in [-0.3, -0.25) is 4.79 Å². The number of carbonyl (C=O) groups is 1. The van der Waals surface area contributed by atoms with Gasteiger partial charge in [0.1, 0.15) is 12.4 Å². The Kier molecular flexibility index (Phi) is 4.31. The monoisotopic (exact) mass is 241 g/mol. The number of hydrogen-bond acceptors (Lipinski definition) is 4. The van der Waals surface area contributed by atoms with E-state index in [9.17, 15) is 9.90 Å². The molecule has 0 bridgehead atoms. The largest absolute Gasteiger partial charge is 0.453 e. The summed E-state index contributed by atoms with van der Waals surface area (Å²) >= 11 is 0. The third kappa shape index (κ3) is 4.20. The summed E-state index contributed by atoms with van der Waals surface area (Å²) in [6, 6.07) is 3.31. The second-order valence-corrected chi connectivity index (χ2v) is 4.67. The van der Waals surface area contributed by atoms with E-state index in [2.05, 4.69) is 0 Å². The second kappa shape index (κ2) is 5.33. The quantitative estimate of drug-likeness (QED) is 0.843. The molecule has 5 heteroatoms. The first-order chi connectivity index (χ1) is 7.83. The zero-order valence-corrected chi connectivity index (χ0v) is 10.7. The van der Waals surface area contributed by atoms with Gasteiger partial charge in [0, 0.05) is 20.7 Å². The van der Waals surface area contributed by atoms with Gasteiger partial charge in [-0.1, -0.05) is 0 Å². The molecule has 1 aromatic heterocycles. The number of hydrogen-bond donors (Lipinski definition) is 1. The molecular weight excluding hydrogens is 222 g/mol. The van der Waals surface area contributed by atoms with Crippen LogP contribution in [0.1, 0.15) is 30.2 Å². The van der Waals surface area contributed by atoms with Crippen molar-refractivity contribution in [2.24, 2.45) is 0 Å². The van der Waals surface area contributed by atoms with Gasteiger partial charge in [0.2, 0.25) is 0 Å². The molecule has 0 saturated heterocycles. The normalized spacial score (nSPS) is 11.6. The maximum absolute atomic E-state index is 11.9. The standard InChI is InChI=1S/C12H19NO4/c1-12(2,15)8-13(3)11(14)10-6-5-9(17-10)7-16-4/h5-6,15H,7-8H2,1-4H3. The van der Waals surface area contributed by atoms with Crippen LogP contribution in [0.4, 0.5) is 0 Å². The number of methoxy groups -OCH3 is 1. The maximum atomic E-state index is 11.9. The molecule has 0 aliphatic carbocycles. The lowest BCUT2D eigenvalue weighted by Gasteiger charge is -2.24. The van der Waals surface area contributed by atoms with Crippen LogP contribution in [0.2, 0.25) is 0 Å². The van der Waals surface area contributed by atoms with E-state index in [0.29, 0.717) is 12.4 Å². The van der Waals surface area contributed by atoms with Crippen LogP contribution in [0.25, 0.3) is 0 Å². The molecule has 1 heterocycles. The molecule has 17 heavy (non-hydrogen) atoms. The average Bonchev–Trinajstić information content (AvgIpc) is 2.63. The van der Waals surface area contributed by atoms with Gasteiger partial charge in [0.05, 0.1) is 5.60 Å². The van der Waals surface area contributed by atoms with Gasteiger partial charge in [-0.2, -0.15) is 0 Å². The van der Waals surface area contributed by atoms with Crippen LogP contribution in [-0.2, 0) is 11.3 Å². The third-order valence-corrected chi connectivity index (χ3v) is 2.13. The summed E-state index contributed by atoms with van der Waals surface area (Å²) in [4.78, 5) is 13.3. The molecule has 0 fully saturated rings. The number of amides is 1. The summed E-state index contributed by atoms with van der Waals surface area (Å²) in [6.45, 7) is 3.87. The summed E-state index contributed by atoms with van der Waals surface area (Å²) in [6.07, 6.45) is 0. The number of rotatable bonds is 5. The molecule has 0 aliphatic rings. The number of likely N-dealkylation sites (N-methyl/N-ethyl adjacent to an activating group) is 1. The first kappa shape index (κ1) is 13.7. The van der Waals surface area contributed by atoms with Gasteiger partial charge >= 0.3 is 0 Å². The van der Waals surface area contributed by atoms with Crippen molar-refractivity contribution in [1.82, 2.24) is 4.90 Å². The maximum Gasteiger partial charge on any atom is 0.289 e. The highest BCUT2D eigenvalue weighted by molar-refractivity contribution is 5.91. The lowest BCUT2D eigenvalue weighted by molar-refractivity contribution is 0.0349. The van der Waals surface area contributed by atoms with Gasteiger partial charge in [-0.25, -0.2) is 0 Å². The Morgan fingerprint density at radius 3 is 2.71 bits per heavy atom. The third-order valence-electron chi connectivity index (χ3n) is 2.13. The SMILES string of the molecule is COCc1ccc(C(=O)N(C)CC(C)(C)O)o1. The van der Waals surface area contributed by atoms with Crippen molar-refractivity contribution in [3.8, 4) is 0 Å². The first-order valence-corrected chi connectivity index (χ1v) is 5.39. The molecule has 0 radical (unpaired) electrons. The number of ether oxygens (including phenoxy) is 1. The Hall–Kier alpha value is -1.33. The van der Waals surface area contributed by atoms with Crippen LogP contribution in [-0.4, -0.2) is 42.2 Å². The molecule has 1 amide bonds. The van der Waals surface area contributed by atoms with Crippen molar-refractivity contribution in [2.45, 2.75) is 26.1 Å². The van der Waals surface area contributed by atoms with Gasteiger partial charge in [0.15, 0.2) is 5.76 Å². The number of carbonyl (C=O) groups excluding carboxylic acids is 1. The summed E-state index contributed by atoms with van der Waals surface area (Å²) in [7, 11) is 3.18. The first-order valence-electron chi connectivity index (χ1n) is 5.39. The van der Waals surface area contributed by atoms with Crippen LogP contribution in [0.3, 0.4) is 0 Å². The molecule has 0 saturated carbocycles. The highest BCUT2D eigenvalue weighted by atomic mass is 16.5. The summed E-state index contributed by atoms with van der Waals surface area (Å²) in [5.41, 5.74) is -0.924. The van der Waals surface area contributed by atoms with Gasteiger partial charge in [-0.05, 0) is 26.0 Å². The lowest BCUT2D eigenvalue weighted by Crippen LogP contribution is -2.39. The molecule has 96 valence electrons. The molecule has 0 aliphatic heterocycles. The minimum absolute atomic E-state index is 0.242. The van der Waals surface area contributed by atoms with E-state index in [-0.39, 0.29) is 18.2 Å². The molecule has 1 aromatic rings. The fourth-order valence-electron chi connectivity index (χ4n) is 1.55. The van der Waals surface area contributed by atoms with Crippen molar-refractivity contribution < 1.29 is 19.1 Å². The Labute approximate surface area is 101 Å². The van der Waals surface area contributed by atoms with Gasteiger partial charge in [-0.15, -0.1) is 0 Å². The van der Waals surface area contributed by atoms with Crippen LogP contribution < -0.4 is 0 Å². The van der Waals surface area contributed by atoms with E-state index < -0.39 is 5.60 Å². The van der Waals surface area contributed by atoms with Crippen molar-refractivity contribution in [3.63, 3.8) is 0 Å². The average molecular weight is 241 g/mol. The zero-order chi connectivity index (χ0) is 13.1. The summed E-state index contributed by atoms with van der Waals surface area (Å²) in [5.74, 6) is 0.603. The van der Waals surface area contributed by atoms with E-state index in [1.54, 1.807) is 40.1 Å². The second-order valence-electron chi connectivity index (χ2n) is 4.67. The number of furan rings is 1. The Balaban J connectivity index is 2.68. The fourth-order valence-corrected chi connectivity index (χ4v) is 1.55. The van der Waals surface area contributed by atoms with Crippen LogP contribution >= 0.6 is 0 Å². The highest BCUT2D eigenvalue weighted by Gasteiger charge is 2.22. The highest BCUT2D eigenvalue weighted by Crippen LogP contribution is 2.12. The number of aliphatic hydroxyl groups is 1. The summed E-state index contributed by atoms with van der Waals surface area (Å²) in [5, 5.41) is 9.63. The Morgan fingerprint density at radius 1 is 1.53 bits per heavy atom. The van der Waals surface area contributed by atoms with Crippen LogP contribution in [0.5, 0.6) is 0 Å². The zero-order valence-electron chi connectivity index (χ0n) is 10.7. The minimum atomic E-state index is -0.924. The van der Waals surface area contributed by atoms with E-state index in [1.807, 2.05) is 0 Å². The van der Waals surface area contributed by atoms with Crippen LogP contribution in [0, 0.1) is 0 Å². The smallest absolute Gasteiger partial charge is 0.289 e. The molecule has 0 aromatic carbocycles. The van der Waals surface area contributed by atoms with Gasteiger partial charge < -0.3 is 19.2 Å². The fraction of sp³-hybridized carbons (Fsp3) is 0.583. The molecule has 0 unspecified atom stereocenters. The lowest BCUT2D eigenvalue weighted by atomic mass is 10.1. The predicted octanol–water partition coefficient (Wildman–Crippen LogP) is 1.27. The minimum Gasteiger partial charge on any atom is -0.453 e. The molecule has 0 spiro atoms. The van der Waals surface area contributed by atoms with Crippen molar-refractivity contribution in [3.05, 3.63) is 23.7 Å². The topological polar surface area (TPSA) is 62.9 Å². The number of nitrogens with zero attached hydrogens (tertiary/aromatic N) is 1. The molecular formula is C12H19NO4. The Morgan fingerprint density at radius 2 is 2.18 bits per heavy atom. The molecule has 1 N–H and O–H groups in total. The molecule has 0 atom stereocenters. The van der Waals surface area contributed by atoms with E-state index >= 15 is 0 Å². The summed E-state index contributed by atoms with van der Waals surface area (Å²) < 4.78 is 10.2. The van der Waals surface area contributed by atoms with Crippen LogP contribution in [0.15, 0.2) is 16.5 Å². The van der Waals surface area contributed by atoms with Crippen molar-refractivity contribution in [1.29, 1.82) is 0 Å².